The standard InChI is InChI=1S/C8H4F3NO/c9-6-1-4(3-13)7(10)5(2-12)8(6)11/h1,13H,3H2. The van der Waals surface area contributed by atoms with Crippen molar-refractivity contribution in [1.29, 1.82) is 5.26 Å². The maximum atomic E-state index is 12.9. The van der Waals surface area contributed by atoms with Crippen molar-refractivity contribution < 1.29 is 18.3 Å². The van der Waals surface area contributed by atoms with Crippen molar-refractivity contribution in [2.75, 3.05) is 0 Å². The molecule has 1 aromatic carbocycles. The van der Waals surface area contributed by atoms with Crippen molar-refractivity contribution >= 4 is 0 Å². The monoisotopic (exact) mass is 187 g/mol. The van der Waals surface area contributed by atoms with Gasteiger partial charge in [-0.1, -0.05) is 0 Å². The van der Waals surface area contributed by atoms with Gasteiger partial charge in [-0.15, -0.1) is 0 Å². The van der Waals surface area contributed by atoms with Crippen molar-refractivity contribution in [3.05, 3.63) is 34.6 Å². The van der Waals surface area contributed by atoms with E-state index >= 15 is 0 Å². The summed E-state index contributed by atoms with van der Waals surface area (Å²) >= 11 is 0. The largest absolute Gasteiger partial charge is 0.392 e. The van der Waals surface area contributed by atoms with E-state index in [2.05, 4.69) is 0 Å². The van der Waals surface area contributed by atoms with Crippen LogP contribution in [0.25, 0.3) is 0 Å². The highest BCUT2D eigenvalue weighted by molar-refractivity contribution is 5.36. The van der Waals surface area contributed by atoms with Crippen molar-refractivity contribution in [2.24, 2.45) is 0 Å². The summed E-state index contributed by atoms with van der Waals surface area (Å²) in [5.41, 5.74) is -1.44. The molecule has 0 aliphatic heterocycles. The van der Waals surface area contributed by atoms with Gasteiger partial charge in [0, 0.05) is 5.56 Å². The zero-order valence-electron chi connectivity index (χ0n) is 6.31. The van der Waals surface area contributed by atoms with Gasteiger partial charge in [0.15, 0.2) is 11.6 Å². The summed E-state index contributed by atoms with van der Waals surface area (Å²) in [6, 6.07) is 1.70. The van der Waals surface area contributed by atoms with Crippen LogP contribution in [0, 0.1) is 28.8 Å². The number of aliphatic hydroxyl groups is 1. The first-order valence-electron chi connectivity index (χ1n) is 3.29. The molecule has 1 rings (SSSR count). The molecular formula is C8H4F3NO. The minimum absolute atomic E-state index is 0.435. The topological polar surface area (TPSA) is 44.0 Å². The molecular weight excluding hydrogens is 183 g/mol. The molecule has 0 aromatic heterocycles. The van der Waals surface area contributed by atoms with Crippen LogP contribution in [-0.4, -0.2) is 5.11 Å². The molecule has 0 spiro atoms. The summed E-state index contributed by atoms with van der Waals surface area (Å²) in [5, 5.41) is 16.8. The molecule has 0 aliphatic rings. The number of nitrogens with zero attached hydrogens (tertiary/aromatic N) is 1. The Morgan fingerprint density at radius 2 is 1.92 bits per heavy atom. The Morgan fingerprint density at radius 1 is 1.31 bits per heavy atom. The maximum absolute atomic E-state index is 12.9. The molecule has 0 fully saturated rings. The summed E-state index contributed by atoms with van der Waals surface area (Å²) in [5.74, 6) is -4.09. The van der Waals surface area contributed by atoms with Gasteiger partial charge in [-0.05, 0) is 6.07 Å². The molecule has 0 unspecified atom stereocenters. The van der Waals surface area contributed by atoms with Crippen LogP contribution >= 0.6 is 0 Å². The first-order chi connectivity index (χ1) is 6.11. The van der Waals surface area contributed by atoms with Gasteiger partial charge >= 0.3 is 0 Å². The fraction of sp³-hybridized carbons (Fsp3) is 0.125. The predicted octanol–water partition coefficient (Wildman–Crippen LogP) is 1.47. The second-order valence-electron chi connectivity index (χ2n) is 2.29. The molecule has 0 atom stereocenters. The minimum Gasteiger partial charge on any atom is -0.392 e. The van der Waals surface area contributed by atoms with Crippen LogP contribution in [0.2, 0.25) is 0 Å². The Hall–Kier alpha value is -1.54. The Bertz CT molecular complexity index is 384. The Balaban J connectivity index is 3.50. The molecule has 0 radical (unpaired) electrons. The van der Waals surface area contributed by atoms with Crippen LogP contribution in [0.15, 0.2) is 6.07 Å². The van der Waals surface area contributed by atoms with E-state index in [9.17, 15) is 13.2 Å². The zero-order chi connectivity index (χ0) is 10.0. The molecule has 13 heavy (non-hydrogen) atoms. The van der Waals surface area contributed by atoms with Gasteiger partial charge in [-0.25, -0.2) is 13.2 Å². The van der Waals surface area contributed by atoms with E-state index in [4.69, 9.17) is 10.4 Å². The van der Waals surface area contributed by atoms with Gasteiger partial charge in [0.2, 0.25) is 0 Å². The van der Waals surface area contributed by atoms with Crippen LogP contribution < -0.4 is 0 Å². The molecule has 0 bridgehead atoms. The fourth-order valence-electron chi connectivity index (χ4n) is 0.869. The smallest absolute Gasteiger partial charge is 0.179 e. The Labute approximate surface area is 71.8 Å². The zero-order valence-corrected chi connectivity index (χ0v) is 6.31. The number of rotatable bonds is 1. The summed E-state index contributed by atoms with van der Waals surface area (Å²) in [4.78, 5) is 0. The van der Waals surface area contributed by atoms with Crippen molar-refractivity contribution in [2.45, 2.75) is 6.61 Å². The molecule has 0 aliphatic carbocycles. The van der Waals surface area contributed by atoms with Crippen molar-refractivity contribution in [3.8, 4) is 6.07 Å². The lowest BCUT2D eigenvalue weighted by atomic mass is 10.1. The predicted molar refractivity (Wildman–Crippen MR) is 37.0 cm³/mol. The Kier molecular flexibility index (Phi) is 2.54. The number of hydrogen-bond acceptors (Lipinski definition) is 2. The normalized spacial score (nSPS) is 9.77. The van der Waals surface area contributed by atoms with Gasteiger partial charge in [-0.2, -0.15) is 5.26 Å². The third-order valence-electron chi connectivity index (χ3n) is 1.51. The summed E-state index contributed by atoms with van der Waals surface area (Å²) in [6.07, 6.45) is 0. The van der Waals surface area contributed by atoms with Crippen LogP contribution in [0.5, 0.6) is 0 Å². The second-order valence-corrected chi connectivity index (χ2v) is 2.29. The number of halogens is 3. The highest BCUT2D eigenvalue weighted by atomic mass is 19.2. The summed E-state index contributed by atoms with van der Waals surface area (Å²) in [7, 11) is 0. The third kappa shape index (κ3) is 1.48. The first-order valence-corrected chi connectivity index (χ1v) is 3.29. The van der Waals surface area contributed by atoms with E-state index in [1.807, 2.05) is 0 Å². The average molecular weight is 187 g/mol. The lowest BCUT2D eigenvalue weighted by molar-refractivity contribution is 0.274. The number of benzene rings is 1. The second kappa shape index (κ2) is 3.46. The van der Waals surface area contributed by atoms with E-state index in [0.29, 0.717) is 6.07 Å². The highest BCUT2D eigenvalue weighted by Gasteiger charge is 2.17. The molecule has 0 amide bonds. The quantitative estimate of drug-likeness (QED) is 0.676. The molecule has 68 valence electrons. The van der Waals surface area contributed by atoms with Crippen LogP contribution in [0.1, 0.15) is 11.1 Å². The first kappa shape index (κ1) is 9.55. The van der Waals surface area contributed by atoms with Crippen LogP contribution in [0.4, 0.5) is 13.2 Å². The maximum Gasteiger partial charge on any atom is 0.179 e. The lowest BCUT2D eigenvalue weighted by Gasteiger charge is -2.02. The Morgan fingerprint density at radius 3 is 2.38 bits per heavy atom. The number of hydrogen-bond donors (Lipinski definition) is 1. The summed E-state index contributed by atoms with van der Waals surface area (Å²) in [6.45, 7) is -0.780. The van der Waals surface area contributed by atoms with E-state index in [1.165, 1.54) is 6.07 Å². The molecule has 0 saturated carbocycles. The molecule has 0 heterocycles. The average Bonchev–Trinajstić information content (AvgIpc) is 2.12. The lowest BCUT2D eigenvalue weighted by Crippen LogP contribution is -2.00. The van der Waals surface area contributed by atoms with Crippen molar-refractivity contribution in [3.63, 3.8) is 0 Å². The number of nitriles is 1. The molecule has 2 nitrogen and oxygen atoms in total. The van der Waals surface area contributed by atoms with Crippen LogP contribution in [-0.2, 0) is 6.61 Å². The van der Waals surface area contributed by atoms with E-state index < -0.39 is 35.2 Å². The molecule has 1 N–H and O–H groups in total. The number of aliphatic hydroxyl groups excluding tert-OH is 1. The van der Waals surface area contributed by atoms with Crippen molar-refractivity contribution in [1.82, 2.24) is 0 Å². The van der Waals surface area contributed by atoms with E-state index in [-0.39, 0.29) is 0 Å². The van der Waals surface area contributed by atoms with E-state index in [1.54, 1.807) is 0 Å². The molecule has 5 heteroatoms. The van der Waals surface area contributed by atoms with E-state index in [0.717, 1.165) is 0 Å². The fourth-order valence-corrected chi connectivity index (χ4v) is 0.869. The van der Waals surface area contributed by atoms with Gasteiger partial charge in [0.05, 0.1) is 6.61 Å². The van der Waals surface area contributed by atoms with Gasteiger partial charge < -0.3 is 5.11 Å². The van der Waals surface area contributed by atoms with Gasteiger partial charge in [0.1, 0.15) is 17.4 Å². The summed E-state index contributed by atoms with van der Waals surface area (Å²) < 4.78 is 38.2. The van der Waals surface area contributed by atoms with Gasteiger partial charge in [-0.3, -0.25) is 0 Å². The third-order valence-corrected chi connectivity index (χ3v) is 1.51. The van der Waals surface area contributed by atoms with Gasteiger partial charge in [0.25, 0.3) is 0 Å². The molecule has 0 saturated heterocycles. The molecule has 1 aromatic rings. The minimum atomic E-state index is -1.53. The highest BCUT2D eigenvalue weighted by Crippen LogP contribution is 2.19. The van der Waals surface area contributed by atoms with Crippen LogP contribution in [0.3, 0.4) is 0 Å². The SMILES string of the molecule is N#Cc1c(F)c(F)cc(CO)c1F.